The molecule has 2 rings (SSSR count). The van der Waals surface area contributed by atoms with Crippen molar-refractivity contribution in [2.75, 3.05) is 6.61 Å². The van der Waals surface area contributed by atoms with E-state index in [0.29, 0.717) is 5.92 Å². The summed E-state index contributed by atoms with van der Waals surface area (Å²) in [6.07, 6.45) is 5.40. The van der Waals surface area contributed by atoms with Crippen LogP contribution >= 0.6 is 0 Å². The molecule has 0 aromatic heterocycles. The second-order valence-corrected chi connectivity index (χ2v) is 3.05. The van der Waals surface area contributed by atoms with E-state index in [0.717, 1.165) is 12.5 Å². The van der Waals surface area contributed by atoms with Gasteiger partial charge < -0.3 is 4.74 Å². The van der Waals surface area contributed by atoms with Gasteiger partial charge in [-0.05, 0) is 37.5 Å². The molecule has 1 nitrogen and oxygen atoms in total. The molecule has 2 fully saturated rings. The average Bonchev–Trinajstić information content (AvgIpc) is 2.71. The fraction of sp³-hybridized carbons (Fsp3) is 0.875. The average molecular weight is 124 g/mol. The molecule has 0 aromatic carbocycles. The Morgan fingerprint density at radius 2 is 2.11 bits per heavy atom. The molecule has 1 heteroatoms. The van der Waals surface area contributed by atoms with Gasteiger partial charge in [-0.25, -0.2) is 0 Å². The Labute approximate surface area is 56.4 Å². The highest BCUT2D eigenvalue weighted by atomic mass is 16.5. The number of hydrogen-bond donors (Lipinski definition) is 0. The van der Waals surface area contributed by atoms with E-state index in [1.165, 1.54) is 25.7 Å². The van der Waals surface area contributed by atoms with Crippen molar-refractivity contribution in [2.45, 2.75) is 25.7 Å². The van der Waals surface area contributed by atoms with E-state index < -0.39 is 0 Å². The van der Waals surface area contributed by atoms with Crippen LogP contribution in [0.3, 0.4) is 0 Å². The summed E-state index contributed by atoms with van der Waals surface area (Å²) < 4.78 is 5.13. The maximum atomic E-state index is 5.13. The first kappa shape index (κ1) is 5.72. The van der Waals surface area contributed by atoms with Gasteiger partial charge in [-0.15, -0.1) is 0 Å². The van der Waals surface area contributed by atoms with Crippen molar-refractivity contribution in [3.63, 3.8) is 0 Å². The summed E-state index contributed by atoms with van der Waals surface area (Å²) in [6.45, 7) is 3.99. The summed E-state index contributed by atoms with van der Waals surface area (Å²) in [5, 5.41) is 0. The summed E-state index contributed by atoms with van der Waals surface area (Å²) in [5.74, 6) is 1.64. The molecule has 1 heterocycles. The molecular formula is C8H12O. The molecule has 0 amide bonds. The molecule has 9 heavy (non-hydrogen) atoms. The van der Waals surface area contributed by atoms with Crippen LogP contribution in [0.15, 0.2) is 0 Å². The smallest absolute Gasteiger partial charge is 0.135 e. The Hall–Kier alpha value is -0.0400. The van der Waals surface area contributed by atoms with Crippen LogP contribution < -0.4 is 0 Å². The Bertz CT molecular complexity index is 90.7. The molecule has 2 radical (unpaired) electrons. The third-order valence-electron chi connectivity index (χ3n) is 2.19. The fourth-order valence-corrected chi connectivity index (χ4v) is 1.43. The van der Waals surface area contributed by atoms with Crippen molar-refractivity contribution in [1.29, 1.82) is 0 Å². The Kier molecular flexibility index (Phi) is 1.46. The molecule has 0 bridgehead atoms. The second-order valence-electron chi connectivity index (χ2n) is 3.05. The van der Waals surface area contributed by atoms with Gasteiger partial charge in [-0.3, -0.25) is 0 Å². The van der Waals surface area contributed by atoms with Crippen molar-refractivity contribution in [2.24, 2.45) is 11.8 Å². The zero-order chi connectivity index (χ0) is 6.10. The lowest BCUT2D eigenvalue weighted by Crippen LogP contribution is -2.13. The molecule has 1 saturated carbocycles. The van der Waals surface area contributed by atoms with Crippen molar-refractivity contribution in [1.82, 2.24) is 0 Å². The van der Waals surface area contributed by atoms with E-state index in [4.69, 9.17) is 4.74 Å². The van der Waals surface area contributed by atoms with Crippen molar-refractivity contribution >= 4 is 0 Å². The number of rotatable bonds is 1. The van der Waals surface area contributed by atoms with Gasteiger partial charge in [0.2, 0.25) is 0 Å². The molecule has 1 aliphatic carbocycles. The fourth-order valence-electron chi connectivity index (χ4n) is 1.43. The Morgan fingerprint density at radius 1 is 1.22 bits per heavy atom. The third kappa shape index (κ3) is 1.26. The zero-order valence-corrected chi connectivity index (χ0v) is 5.60. The molecule has 1 aliphatic heterocycles. The topological polar surface area (TPSA) is 9.23 Å². The van der Waals surface area contributed by atoms with Gasteiger partial charge in [-0.2, -0.15) is 0 Å². The highest BCUT2D eigenvalue weighted by molar-refractivity contribution is 4.87. The summed E-state index contributed by atoms with van der Waals surface area (Å²) >= 11 is 0. The van der Waals surface area contributed by atoms with Crippen LogP contribution in [0.4, 0.5) is 0 Å². The summed E-state index contributed by atoms with van der Waals surface area (Å²) in [5.41, 5.74) is 0. The predicted molar refractivity (Wildman–Crippen MR) is 34.6 cm³/mol. The summed E-state index contributed by atoms with van der Waals surface area (Å²) in [4.78, 5) is 0. The van der Waals surface area contributed by atoms with Crippen LogP contribution in [0.2, 0.25) is 0 Å². The summed E-state index contributed by atoms with van der Waals surface area (Å²) in [6, 6.07) is 0. The lowest BCUT2D eigenvalue weighted by Gasteiger charge is -2.19. The van der Waals surface area contributed by atoms with Crippen LogP contribution in [-0.2, 0) is 4.74 Å². The van der Waals surface area contributed by atoms with Gasteiger partial charge in [0.25, 0.3) is 0 Å². The second kappa shape index (κ2) is 2.30. The van der Waals surface area contributed by atoms with Crippen LogP contribution in [0, 0.1) is 18.4 Å². The minimum atomic E-state index is 0.693. The van der Waals surface area contributed by atoms with Crippen LogP contribution in [0.5, 0.6) is 0 Å². The SMILES string of the molecule is [C]1OCCCC1C1CC1. The molecular weight excluding hydrogens is 112 g/mol. The van der Waals surface area contributed by atoms with Gasteiger partial charge >= 0.3 is 0 Å². The summed E-state index contributed by atoms with van der Waals surface area (Å²) in [7, 11) is 0. The highest BCUT2D eigenvalue weighted by Crippen LogP contribution is 2.41. The molecule has 1 saturated heterocycles. The molecule has 0 N–H and O–H groups in total. The van der Waals surface area contributed by atoms with Crippen molar-refractivity contribution in [3.05, 3.63) is 6.61 Å². The van der Waals surface area contributed by atoms with Gasteiger partial charge in [-0.1, -0.05) is 0 Å². The lowest BCUT2D eigenvalue weighted by molar-refractivity contribution is 0.108. The van der Waals surface area contributed by atoms with E-state index in [-0.39, 0.29) is 0 Å². The van der Waals surface area contributed by atoms with Crippen LogP contribution in [0.25, 0.3) is 0 Å². The standard InChI is InChI=1S/C8H12O/c1-2-8(6-9-5-1)7-3-4-7/h7-8H,1-5H2. The van der Waals surface area contributed by atoms with E-state index in [1.54, 1.807) is 0 Å². The minimum Gasteiger partial charge on any atom is -0.368 e. The monoisotopic (exact) mass is 124 g/mol. The lowest BCUT2D eigenvalue weighted by atomic mass is 9.97. The number of ether oxygens (including phenoxy) is 1. The normalized spacial score (nSPS) is 36.7. The first-order chi connectivity index (χ1) is 4.47. The molecule has 0 spiro atoms. The maximum Gasteiger partial charge on any atom is 0.135 e. The minimum absolute atomic E-state index is 0.693. The largest absolute Gasteiger partial charge is 0.368 e. The van der Waals surface area contributed by atoms with Crippen LogP contribution in [0.1, 0.15) is 25.7 Å². The van der Waals surface area contributed by atoms with E-state index in [2.05, 4.69) is 6.61 Å². The van der Waals surface area contributed by atoms with Crippen LogP contribution in [-0.4, -0.2) is 6.61 Å². The Balaban J connectivity index is 1.80. The zero-order valence-electron chi connectivity index (χ0n) is 5.60. The molecule has 0 aromatic rings. The predicted octanol–water partition coefficient (Wildman–Crippen LogP) is 1.86. The molecule has 2 aliphatic rings. The van der Waals surface area contributed by atoms with Crippen molar-refractivity contribution < 1.29 is 4.74 Å². The first-order valence-electron chi connectivity index (χ1n) is 3.84. The van der Waals surface area contributed by atoms with E-state index in [1.807, 2.05) is 0 Å². The molecule has 1 atom stereocenters. The molecule has 1 unspecified atom stereocenters. The van der Waals surface area contributed by atoms with E-state index >= 15 is 0 Å². The Morgan fingerprint density at radius 3 is 2.67 bits per heavy atom. The van der Waals surface area contributed by atoms with E-state index in [9.17, 15) is 0 Å². The van der Waals surface area contributed by atoms with Gasteiger partial charge in [0.05, 0.1) is 0 Å². The van der Waals surface area contributed by atoms with Gasteiger partial charge in [0.15, 0.2) is 0 Å². The highest BCUT2D eigenvalue weighted by Gasteiger charge is 2.32. The molecule has 50 valence electrons. The first-order valence-corrected chi connectivity index (χ1v) is 3.84. The maximum absolute atomic E-state index is 5.13. The quantitative estimate of drug-likeness (QED) is 0.518. The van der Waals surface area contributed by atoms with Gasteiger partial charge in [0.1, 0.15) is 6.61 Å². The van der Waals surface area contributed by atoms with Crippen molar-refractivity contribution in [3.8, 4) is 0 Å². The number of hydrogen-bond acceptors (Lipinski definition) is 1. The van der Waals surface area contributed by atoms with Gasteiger partial charge in [0, 0.05) is 6.61 Å². The third-order valence-corrected chi connectivity index (χ3v) is 2.19.